The van der Waals surface area contributed by atoms with Gasteiger partial charge in [-0.1, -0.05) is 28.8 Å². The number of halogens is 5. The third kappa shape index (κ3) is 2.88. The zero-order valence-electron chi connectivity index (χ0n) is 10.1. The summed E-state index contributed by atoms with van der Waals surface area (Å²) in [4.78, 5) is 0. The van der Waals surface area contributed by atoms with E-state index in [-0.39, 0.29) is 18.1 Å². The number of hydrogen-bond donors (Lipinski definition) is 0. The largest absolute Gasteiger partial charge is 0.487 e. The van der Waals surface area contributed by atoms with Gasteiger partial charge in [0, 0.05) is 16.8 Å². The van der Waals surface area contributed by atoms with Gasteiger partial charge in [0.25, 0.3) is 0 Å². The topological polar surface area (TPSA) is 9.23 Å². The zero-order valence-corrected chi connectivity index (χ0v) is 11.7. The van der Waals surface area contributed by atoms with Crippen molar-refractivity contribution in [2.24, 2.45) is 5.41 Å². The molecule has 1 fully saturated rings. The van der Waals surface area contributed by atoms with Gasteiger partial charge < -0.3 is 4.74 Å². The maximum Gasteiger partial charge on any atom is 0.203 e. The van der Waals surface area contributed by atoms with Gasteiger partial charge >= 0.3 is 0 Å². The molecular formula is C13H13BrF4O. The first-order valence-corrected chi connectivity index (χ1v) is 7.13. The Kier molecular flexibility index (Phi) is 4.38. The highest BCUT2D eigenvalue weighted by Gasteiger charge is 2.34. The standard InChI is InChI=1S/C13H13BrF4O/c14-6-13(3-1-2-4-13)7-19-12-10(17)8(15)5-9(16)11(12)18/h5H,1-4,6-7H2. The second-order valence-electron chi connectivity index (χ2n) is 4.93. The Hall–Kier alpha value is -0.780. The van der Waals surface area contributed by atoms with E-state index in [1.165, 1.54) is 0 Å². The van der Waals surface area contributed by atoms with Crippen LogP contribution in [0.1, 0.15) is 25.7 Å². The molecule has 0 amide bonds. The molecule has 2 rings (SSSR count). The molecule has 0 atom stereocenters. The first-order chi connectivity index (χ1) is 8.99. The third-order valence-electron chi connectivity index (χ3n) is 3.54. The van der Waals surface area contributed by atoms with Crippen molar-refractivity contribution >= 4 is 15.9 Å². The van der Waals surface area contributed by atoms with Crippen LogP contribution < -0.4 is 4.74 Å². The predicted molar refractivity (Wildman–Crippen MR) is 66.5 cm³/mol. The number of hydrogen-bond acceptors (Lipinski definition) is 1. The zero-order chi connectivity index (χ0) is 14.0. The summed E-state index contributed by atoms with van der Waals surface area (Å²) in [7, 11) is 0. The molecule has 0 bridgehead atoms. The molecule has 0 aliphatic heterocycles. The molecule has 1 aromatic carbocycles. The molecule has 6 heteroatoms. The van der Waals surface area contributed by atoms with Gasteiger partial charge in [-0.25, -0.2) is 8.78 Å². The molecule has 0 aromatic heterocycles. The highest BCUT2D eigenvalue weighted by Crippen LogP contribution is 2.40. The summed E-state index contributed by atoms with van der Waals surface area (Å²) in [6, 6.07) is 0.174. The summed E-state index contributed by atoms with van der Waals surface area (Å²) in [6.45, 7) is 0.0367. The Morgan fingerprint density at radius 2 is 1.58 bits per heavy atom. The van der Waals surface area contributed by atoms with E-state index in [1.807, 2.05) is 0 Å². The van der Waals surface area contributed by atoms with E-state index >= 15 is 0 Å². The molecule has 106 valence electrons. The van der Waals surface area contributed by atoms with Crippen molar-refractivity contribution in [1.82, 2.24) is 0 Å². The van der Waals surface area contributed by atoms with Crippen LogP contribution in [0.3, 0.4) is 0 Å². The third-order valence-corrected chi connectivity index (χ3v) is 4.73. The molecule has 0 radical (unpaired) electrons. The lowest BCUT2D eigenvalue weighted by atomic mass is 9.90. The lowest BCUT2D eigenvalue weighted by Crippen LogP contribution is -2.27. The minimum absolute atomic E-state index is 0.0367. The molecule has 0 spiro atoms. The lowest BCUT2D eigenvalue weighted by Gasteiger charge is -2.26. The Morgan fingerprint density at radius 3 is 2.05 bits per heavy atom. The van der Waals surface area contributed by atoms with E-state index in [1.54, 1.807) is 0 Å². The summed E-state index contributed by atoms with van der Waals surface area (Å²) in [5.74, 6) is -6.84. The minimum Gasteiger partial charge on any atom is -0.487 e. The van der Waals surface area contributed by atoms with Crippen LogP contribution in [0.25, 0.3) is 0 Å². The normalized spacial score (nSPS) is 17.7. The molecule has 19 heavy (non-hydrogen) atoms. The Morgan fingerprint density at radius 1 is 1.05 bits per heavy atom. The van der Waals surface area contributed by atoms with E-state index in [2.05, 4.69) is 15.9 Å². The van der Waals surface area contributed by atoms with Crippen LogP contribution in [0.5, 0.6) is 5.75 Å². The first kappa shape index (κ1) is 14.6. The first-order valence-electron chi connectivity index (χ1n) is 6.01. The van der Waals surface area contributed by atoms with Gasteiger partial charge in [0.1, 0.15) is 0 Å². The van der Waals surface area contributed by atoms with E-state index in [4.69, 9.17) is 4.74 Å². The lowest BCUT2D eigenvalue weighted by molar-refractivity contribution is 0.159. The summed E-state index contributed by atoms with van der Waals surface area (Å²) in [5.41, 5.74) is -0.221. The summed E-state index contributed by atoms with van der Waals surface area (Å²) in [6.07, 6.45) is 3.74. The van der Waals surface area contributed by atoms with Crippen LogP contribution in [0.4, 0.5) is 17.6 Å². The predicted octanol–water partition coefficient (Wildman–Crippen LogP) is 4.58. The van der Waals surface area contributed by atoms with Gasteiger partial charge in [0.15, 0.2) is 17.4 Å². The Balaban J connectivity index is 2.20. The van der Waals surface area contributed by atoms with Gasteiger partial charge in [-0.05, 0) is 12.8 Å². The average molecular weight is 341 g/mol. The maximum absolute atomic E-state index is 13.4. The molecule has 0 N–H and O–H groups in total. The molecule has 1 aromatic rings. The van der Waals surface area contributed by atoms with Crippen LogP contribution in [0.2, 0.25) is 0 Å². The molecule has 1 saturated carbocycles. The Labute approximate surface area is 117 Å². The number of benzene rings is 1. The second kappa shape index (κ2) is 5.69. The quantitative estimate of drug-likeness (QED) is 0.443. The average Bonchev–Trinajstić information content (AvgIpc) is 2.86. The van der Waals surface area contributed by atoms with Gasteiger partial charge in [-0.3, -0.25) is 0 Å². The number of rotatable bonds is 4. The van der Waals surface area contributed by atoms with Crippen LogP contribution in [-0.2, 0) is 0 Å². The van der Waals surface area contributed by atoms with E-state index in [9.17, 15) is 17.6 Å². The highest BCUT2D eigenvalue weighted by molar-refractivity contribution is 9.09. The van der Waals surface area contributed by atoms with Gasteiger partial charge in [0.05, 0.1) is 6.61 Å². The van der Waals surface area contributed by atoms with E-state index in [0.717, 1.165) is 25.7 Å². The second-order valence-corrected chi connectivity index (χ2v) is 5.49. The van der Waals surface area contributed by atoms with Crippen molar-refractivity contribution in [2.45, 2.75) is 25.7 Å². The van der Waals surface area contributed by atoms with Crippen molar-refractivity contribution < 1.29 is 22.3 Å². The SMILES string of the molecule is Fc1cc(F)c(F)c(OCC2(CBr)CCCC2)c1F. The van der Waals surface area contributed by atoms with Gasteiger partial charge in [-0.15, -0.1) is 0 Å². The molecule has 0 saturated heterocycles. The smallest absolute Gasteiger partial charge is 0.203 e. The molecule has 1 aliphatic rings. The van der Waals surface area contributed by atoms with E-state index in [0.29, 0.717) is 5.33 Å². The van der Waals surface area contributed by atoms with Crippen LogP contribution in [0, 0.1) is 28.7 Å². The maximum atomic E-state index is 13.4. The van der Waals surface area contributed by atoms with Crippen molar-refractivity contribution in [3.05, 3.63) is 29.3 Å². The fourth-order valence-electron chi connectivity index (χ4n) is 2.34. The van der Waals surface area contributed by atoms with Crippen LogP contribution >= 0.6 is 15.9 Å². The molecular weight excluding hydrogens is 328 g/mol. The molecule has 1 nitrogen and oxygen atoms in total. The van der Waals surface area contributed by atoms with Crippen LogP contribution in [-0.4, -0.2) is 11.9 Å². The van der Waals surface area contributed by atoms with Gasteiger partial charge in [0.2, 0.25) is 11.6 Å². The monoisotopic (exact) mass is 340 g/mol. The summed E-state index contributed by atoms with van der Waals surface area (Å²) >= 11 is 3.36. The molecule has 1 aliphatic carbocycles. The van der Waals surface area contributed by atoms with Crippen molar-refractivity contribution in [3.63, 3.8) is 0 Å². The van der Waals surface area contributed by atoms with E-state index < -0.39 is 29.0 Å². The molecule has 0 unspecified atom stereocenters. The van der Waals surface area contributed by atoms with Crippen molar-refractivity contribution in [2.75, 3.05) is 11.9 Å². The van der Waals surface area contributed by atoms with Gasteiger partial charge in [-0.2, -0.15) is 8.78 Å². The Bertz CT molecular complexity index is 446. The molecule has 0 heterocycles. The van der Waals surface area contributed by atoms with Crippen molar-refractivity contribution in [3.8, 4) is 5.75 Å². The van der Waals surface area contributed by atoms with Crippen molar-refractivity contribution in [1.29, 1.82) is 0 Å². The minimum atomic E-state index is -1.48. The summed E-state index contributed by atoms with van der Waals surface area (Å²) in [5, 5.41) is 0.626. The fraction of sp³-hybridized carbons (Fsp3) is 0.538. The van der Waals surface area contributed by atoms with Crippen LogP contribution in [0.15, 0.2) is 6.07 Å². The highest BCUT2D eigenvalue weighted by atomic mass is 79.9. The number of alkyl halides is 1. The fourth-order valence-corrected chi connectivity index (χ4v) is 3.07. The summed E-state index contributed by atoms with van der Waals surface area (Å²) < 4.78 is 58.0. The number of ether oxygens (including phenoxy) is 1.